The highest BCUT2D eigenvalue weighted by Crippen LogP contribution is 2.16. The molecule has 23 heavy (non-hydrogen) atoms. The van der Waals surface area contributed by atoms with Gasteiger partial charge in [0, 0.05) is 12.1 Å². The molecular formula is C18H20N4O. The molecule has 0 atom stereocenters. The second-order valence-electron chi connectivity index (χ2n) is 5.05. The van der Waals surface area contributed by atoms with Crippen LogP contribution < -0.4 is 10.2 Å². The molecular weight excluding hydrogens is 288 g/mol. The van der Waals surface area contributed by atoms with Crippen molar-refractivity contribution in [2.75, 3.05) is 11.4 Å². The molecule has 118 valence electrons. The zero-order chi connectivity index (χ0) is 16.5. The predicted octanol–water partition coefficient (Wildman–Crippen LogP) is 2.83. The van der Waals surface area contributed by atoms with E-state index in [1.54, 1.807) is 4.90 Å². The van der Waals surface area contributed by atoms with E-state index < -0.39 is 0 Å². The molecule has 0 heterocycles. The number of carbonyl (C=O) groups is 1. The number of aryl methyl sites for hydroxylation is 1. The number of nitrogens with one attached hydrogen (secondary N) is 3. The van der Waals surface area contributed by atoms with Gasteiger partial charge < -0.3 is 5.32 Å². The Labute approximate surface area is 136 Å². The lowest BCUT2D eigenvalue weighted by Crippen LogP contribution is -2.41. The van der Waals surface area contributed by atoms with Crippen LogP contribution in [0.3, 0.4) is 0 Å². The lowest BCUT2D eigenvalue weighted by molar-refractivity contribution is -0.109. The highest BCUT2D eigenvalue weighted by Gasteiger charge is 2.17. The largest absolute Gasteiger partial charge is 0.351 e. The molecule has 0 aliphatic rings. The summed E-state index contributed by atoms with van der Waals surface area (Å²) in [6, 6.07) is 19.3. The Bertz CT molecular complexity index is 655. The lowest BCUT2D eigenvalue weighted by Gasteiger charge is -2.25. The van der Waals surface area contributed by atoms with E-state index in [1.165, 1.54) is 0 Å². The summed E-state index contributed by atoms with van der Waals surface area (Å²) >= 11 is 0. The second-order valence-corrected chi connectivity index (χ2v) is 5.05. The predicted molar refractivity (Wildman–Crippen MR) is 93.2 cm³/mol. The molecule has 0 bridgehead atoms. The average molecular weight is 308 g/mol. The third-order valence-corrected chi connectivity index (χ3v) is 3.40. The molecule has 0 spiro atoms. The van der Waals surface area contributed by atoms with Crippen LogP contribution in [0.25, 0.3) is 0 Å². The van der Waals surface area contributed by atoms with Gasteiger partial charge in [-0.25, -0.2) is 0 Å². The molecule has 5 heteroatoms. The lowest BCUT2D eigenvalue weighted by atomic mass is 10.1. The highest BCUT2D eigenvalue weighted by molar-refractivity contribution is 6.17. The molecule has 5 nitrogen and oxygen atoms in total. The van der Waals surface area contributed by atoms with Crippen molar-refractivity contribution in [3.05, 3.63) is 66.2 Å². The van der Waals surface area contributed by atoms with Gasteiger partial charge in [0.15, 0.2) is 0 Å². The van der Waals surface area contributed by atoms with Crippen LogP contribution in [-0.4, -0.2) is 24.6 Å². The Hall–Kier alpha value is -2.95. The highest BCUT2D eigenvalue weighted by atomic mass is 16.1. The van der Waals surface area contributed by atoms with Gasteiger partial charge in [-0.05, 0) is 24.1 Å². The van der Waals surface area contributed by atoms with Gasteiger partial charge in [-0.1, -0.05) is 48.5 Å². The van der Waals surface area contributed by atoms with Gasteiger partial charge in [0.05, 0.1) is 6.54 Å². The summed E-state index contributed by atoms with van der Waals surface area (Å²) in [5.74, 6) is 0.499. The Morgan fingerprint density at radius 3 is 2.17 bits per heavy atom. The summed E-state index contributed by atoms with van der Waals surface area (Å²) < 4.78 is 0. The first kappa shape index (κ1) is 16.4. The molecule has 3 N–H and O–H groups in total. The third-order valence-electron chi connectivity index (χ3n) is 3.40. The van der Waals surface area contributed by atoms with Crippen molar-refractivity contribution in [2.45, 2.75) is 12.8 Å². The van der Waals surface area contributed by atoms with Crippen molar-refractivity contribution in [1.29, 1.82) is 10.8 Å². The van der Waals surface area contributed by atoms with Crippen LogP contribution in [0.15, 0.2) is 60.7 Å². The van der Waals surface area contributed by atoms with Crippen LogP contribution in [0, 0.1) is 10.8 Å². The molecule has 0 aromatic heterocycles. The molecule has 0 saturated carbocycles. The fraction of sp³-hybridized carbons (Fsp3) is 0.167. The maximum absolute atomic E-state index is 10.5. The van der Waals surface area contributed by atoms with Crippen molar-refractivity contribution in [3.63, 3.8) is 0 Å². The Morgan fingerprint density at radius 1 is 0.957 bits per heavy atom. The third kappa shape index (κ3) is 4.78. The van der Waals surface area contributed by atoms with Gasteiger partial charge in [0.2, 0.25) is 6.41 Å². The molecule has 2 aromatic carbocycles. The van der Waals surface area contributed by atoms with E-state index in [0.29, 0.717) is 18.7 Å². The molecule has 0 aliphatic carbocycles. The van der Waals surface area contributed by atoms with Gasteiger partial charge in [0.25, 0.3) is 0 Å². The number of nitrogens with zero attached hydrogens (tertiary/aromatic N) is 1. The fourth-order valence-corrected chi connectivity index (χ4v) is 2.29. The van der Waals surface area contributed by atoms with E-state index in [-0.39, 0.29) is 12.4 Å². The first-order valence-electron chi connectivity index (χ1n) is 7.43. The van der Waals surface area contributed by atoms with E-state index >= 15 is 0 Å². The average Bonchev–Trinajstić information content (AvgIpc) is 2.60. The van der Waals surface area contributed by atoms with Crippen LogP contribution in [0.5, 0.6) is 0 Å². The Morgan fingerprint density at radius 2 is 1.57 bits per heavy atom. The van der Waals surface area contributed by atoms with Gasteiger partial charge in [-0.15, -0.1) is 0 Å². The van der Waals surface area contributed by atoms with Crippen molar-refractivity contribution < 1.29 is 4.79 Å². The molecule has 2 rings (SSSR count). The summed E-state index contributed by atoms with van der Waals surface area (Å²) in [5.41, 5.74) is 1.91. The second kappa shape index (κ2) is 8.48. The monoisotopic (exact) mass is 308 g/mol. The number of anilines is 1. The number of rotatable bonds is 7. The van der Waals surface area contributed by atoms with E-state index in [1.807, 2.05) is 60.7 Å². The maximum Gasteiger partial charge on any atom is 0.207 e. The maximum atomic E-state index is 10.5. The van der Waals surface area contributed by atoms with Gasteiger partial charge in [-0.2, -0.15) is 0 Å². The van der Waals surface area contributed by atoms with E-state index in [2.05, 4.69) is 5.32 Å². The normalized spacial score (nSPS) is 9.91. The number of amidine groups is 2. The first-order chi connectivity index (χ1) is 11.2. The molecule has 0 radical (unpaired) electrons. The van der Waals surface area contributed by atoms with Crippen LogP contribution in [-0.2, 0) is 11.2 Å². The van der Waals surface area contributed by atoms with Crippen molar-refractivity contribution in [1.82, 2.24) is 5.32 Å². The molecule has 0 fully saturated rings. The van der Waals surface area contributed by atoms with E-state index in [4.69, 9.17) is 10.8 Å². The zero-order valence-corrected chi connectivity index (χ0v) is 12.8. The van der Waals surface area contributed by atoms with Crippen LogP contribution in [0.2, 0.25) is 0 Å². The fourth-order valence-electron chi connectivity index (χ4n) is 2.29. The minimum atomic E-state index is 0.0894. The molecule has 2 aromatic rings. The van der Waals surface area contributed by atoms with Crippen molar-refractivity contribution in [2.24, 2.45) is 0 Å². The summed E-state index contributed by atoms with van der Waals surface area (Å²) in [7, 11) is 0. The van der Waals surface area contributed by atoms with Crippen molar-refractivity contribution >= 4 is 23.8 Å². The summed E-state index contributed by atoms with van der Waals surface area (Å²) in [6.07, 6.45) is 1.81. The molecule has 0 unspecified atom stereocenters. The van der Waals surface area contributed by atoms with Crippen LogP contribution >= 0.6 is 0 Å². The number of hydrogen-bond donors (Lipinski definition) is 3. The summed E-state index contributed by atoms with van der Waals surface area (Å²) in [5, 5.41) is 19.0. The van der Waals surface area contributed by atoms with Crippen LogP contribution in [0.1, 0.15) is 12.0 Å². The number of benzene rings is 2. The van der Waals surface area contributed by atoms with E-state index in [0.717, 1.165) is 17.7 Å². The van der Waals surface area contributed by atoms with E-state index in [9.17, 15) is 4.79 Å². The van der Waals surface area contributed by atoms with Crippen LogP contribution in [0.4, 0.5) is 5.69 Å². The number of amides is 1. The SMILES string of the molecule is N=C(CCc1ccccc1)N(C(=N)CNC=O)c1ccccc1. The first-order valence-corrected chi connectivity index (χ1v) is 7.43. The smallest absolute Gasteiger partial charge is 0.207 e. The summed E-state index contributed by atoms with van der Waals surface area (Å²) in [4.78, 5) is 12.0. The van der Waals surface area contributed by atoms with Crippen molar-refractivity contribution in [3.8, 4) is 0 Å². The Balaban J connectivity index is 2.11. The number of hydrogen-bond acceptors (Lipinski definition) is 3. The quantitative estimate of drug-likeness (QED) is 0.418. The molecule has 0 saturated heterocycles. The molecule has 0 aliphatic heterocycles. The topological polar surface area (TPSA) is 80.0 Å². The van der Waals surface area contributed by atoms with Gasteiger partial charge in [0.1, 0.15) is 11.7 Å². The molecule has 1 amide bonds. The minimum Gasteiger partial charge on any atom is -0.351 e. The number of carbonyl (C=O) groups excluding carboxylic acids is 1. The zero-order valence-electron chi connectivity index (χ0n) is 12.8. The van der Waals surface area contributed by atoms with Gasteiger partial charge >= 0.3 is 0 Å². The summed E-state index contributed by atoms with van der Waals surface area (Å²) in [6.45, 7) is 0.0894. The van der Waals surface area contributed by atoms with Gasteiger partial charge in [-0.3, -0.25) is 20.5 Å². The Kier molecular flexibility index (Phi) is 6.06. The standard InChI is InChI=1S/C18H20N4O/c19-17(12-11-15-7-3-1-4-8-15)22(18(20)13-21-14-23)16-9-5-2-6-10-16/h1-10,14,19-20H,11-13H2,(H,21,23). The number of para-hydroxylation sites is 1. The minimum absolute atomic E-state index is 0.0894.